The van der Waals surface area contributed by atoms with Crippen LogP contribution in [0.3, 0.4) is 0 Å². The molecule has 1 aliphatic rings. The van der Waals surface area contributed by atoms with E-state index in [1.807, 2.05) is 0 Å². The highest BCUT2D eigenvalue weighted by molar-refractivity contribution is 7.84. The van der Waals surface area contributed by atoms with Gasteiger partial charge in [-0.1, -0.05) is 5.16 Å². The van der Waals surface area contributed by atoms with E-state index in [0.29, 0.717) is 0 Å². The highest BCUT2D eigenvalue weighted by Crippen LogP contribution is 2.25. The van der Waals surface area contributed by atoms with Crippen LogP contribution in [0.1, 0.15) is 19.5 Å². The number of halogens is 1. The van der Waals surface area contributed by atoms with Crippen molar-refractivity contribution in [1.29, 1.82) is 0 Å². The molecule has 3 N–H and O–H groups in total. The van der Waals surface area contributed by atoms with Gasteiger partial charge in [-0.05, 0) is 13.8 Å². The van der Waals surface area contributed by atoms with E-state index in [-0.39, 0.29) is 21.0 Å². The second-order valence-corrected chi connectivity index (χ2v) is 8.76. The minimum Gasteiger partial charge on any atom is -0.467 e. The number of carbonyl (C=O) groups excluding carboxylic acids is 4. The van der Waals surface area contributed by atoms with E-state index in [2.05, 4.69) is 25.5 Å². The lowest BCUT2D eigenvalue weighted by Crippen LogP contribution is -2.74. The molecule has 0 aromatic carbocycles. The van der Waals surface area contributed by atoms with Gasteiger partial charge in [-0.2, -0.15) is 12.7 Å². The van der Waals surface area contributed by atoms with Gasteiger partial charge in [-0.15, -0.1) is 22.9 Å². The van der Waals surface area contributed by atoms with Crippen molar-refractivity contribution >= 4 is 67.8 Å². The molecule has 2 atom stereocenters. The van der Waals surface area contributed by atoms with E-state index in [1.54, 1.807) is 13.8 Å². The van der Waals surface area contributed by atoms with Gasteiger partial charge in [0.1, 0.15) is 23.7 Å². The van der Waals surface area contributed by atoms with Crippen molar-refractivity contribution in [3.63, 3.8) is 0 Å². The topological polar surface area (TPSA) is 194 Å². The van der Waals surface area contributed by atoms with Gasteiger partial charge in [-0.25, -0.2) is 9.78 Å². The van der Waals surface area contributed by atoms with Gasteiger partial charge in [0, 0.05) is 5.38 Å². The Morgan fingerprint density at radius 1 is 1.41 bits per heavy atom. The number of anilines is 1. The van der Waals surface area contributed by atoms with Crippen LogP contribution in [-0.2, 0) is 39.1 Å². The third-order valence-corrected chi connectivity index (χ3v) is 5.62. The number of alkyl halides is 1. The molecule has 0 bridgehead atoms. The first-order valence-corrected chi connectivity index (χ1v) is 11.5. The number of hydrogen-bond donors (Lipinski definition) is 3. The fourth-order valence-electron chi connectivity index (χ4n) is 2.38. The Kier molecular flexibility index (Phi) is 8.11. The molecular formula is C15H18ClN5O9S2. The first-order chi connectivity index (χ1) is 14.9. The van der Waals surface area contributed by atoms with Crippen LogP contribution < -0.4 is 10.6 Å². The monoisotopic (exact) mass is 511 g/mol. The molecule has 0 unspecified atom stereocenters. The van der Waals surface area contributed by atoms with Crippen LogP contribution in [0.5, 0.6) is 0 Å². The zero-order chi connectivity index (χ0) is 24.2. The molecule has 0 aliphatic carbocycles. The van der Waals surface area contributed by atoms with Gasteiger partial charge in [0.25, 0.3) is 11.8 Å². The fraction of sp³-hybridized carbons (Fsp3) is 0.467. The first kappa shape index (κ1) is 25.4. The third kappa shape index (κ3) is 5.70. The number of methoxy groups -OCH3 is 1. The van der Waals surface area contributed by atoms with E-state index in [1.165, 1.54) is 5.38 Å². The summed E-state index contributed by atoms with van der Waals surface area (Å²) in [7, 11) is -4.15. The number of ether oxygens (including phenoxy) is 1. The molecule has 17 heteroatoms. The van der Waals surface area contributed by atoms with Crippen molar-refractivity contribution in [3.8, 4) is 0 Å². The van der Waals surface area contributed by atoms with Crippen molar-refractivity contribution in [2.45, 2.75) is 32.0 Å². The summed E-state index contributed by atoms with van der Waals surface area (Å²) in [5.41, 5.74) is -0.478. The maximum Gasteiger partial charge on any atom is 0.363 e. The molecule has 0 saturated carbocycles. The Labute approximate surface area is 190 Å². The Morgan fingerprint density at radius 2 is 2.06 bits per heavy atom. The summed E-state index contributed by atoms with van der Waals surface area (Å²) in [6.07, 6.45) is -0.449. The van der Waals surface area contributed by atoms with Gasteiger partial charge >= 0.3 is 16.3 Å². The standard InChI is InChI=1S/C15H18ClN5O9S2/c1-6(2)30-20-9(7-5-31-15(17-7)18-8(22)4-16)12(23)19-10-11(14(25)29-3)21(13(10)24)32(26,27)28/h5-6,10-11H,4H2,1-3H3,(H,19,23)(H,17,18,22)(H,26,27,28)/t10-,11-/m1/s1. The number of nitrogens with zero attached hydrogens (tertiary/aromatic N) is 3. The number of hydrogen-bond acceptors (Lipinski definition) is 11. The Balaban J connectivity index is 2.31. The minimum atomic E-state index is -5.08. The van der Waals surface area contributed by atoms with Crippen LogP contribution in [0.4, 0.5) is 5.13 Å². The average Bonchev–Trinajstić information content (AvgIpc) is 3.15. The first-order valence-electron chi connectivity index (χ1n) is 8.65. The molecule has 1 aromatic rings. The van der Waals surface area contributed by atoms with Crippen molar-refractivity contribution in [2.75, 3.05) is 18.3 Å². The molecule has 1 fully saturated rings. The summed E-state index contributed by atoms with van der Waals surface area (Å²) in [4.78, 5) is 57.4. The predicted molar refractivity (Wildman–Crippen MR) is 110 cm³/mol. The van der Waals surface area contributed by atoms with Crippen molar-refractivity contribution in [2.24, 2.45) is 5.16 Å². The van der Waals surface area contributed by atoms with Crippen molar-refractivity contribution in [3.05, 3.63) is 11.1 Å². The third-order valence-electron chi connectivity index (χ3n) is 3.71. The number of esters is 1. The molecule has 0 spiro atoms. The largest absolute Gasteiger partial charge is 0.467 e. The molecule has 176 valence electrons. The molecule has 32 heavy (non-hydrogen) atoms. The van der Waals surface area contributed by atoms with Crippen molar-refractivity contribution < 1.29 is 41.7 Å². The number of carbonyl (C=O) groups is 4. The Hall–Kier alpha value is -2.82. The van der Waals surface area contributed by atoms with E-state index in [9.17, 15) is 27.6 Å². The van der Waals surface area contributed by atoms with Crippen LogP contribution in [-0.4, -0.2) is 82.8 Å². The molecule has 3 amide bonds. The lowest BCUT2D eigenvalue weighted by atomic mass is 9.98. The maximum atomic E-state index is 12.8. The fourth-order valence-corrected chi connectivity index (χ4v) is 3.99. The van der Waals surface area contributed by atoms with E-state index in [0.717, 1.165) is 18.4 Å². The molecule has 2 heterocycles. The van der Waals surface area contributed by atoms with Crippen LogP contribution in [0.25, 0.3) is 0 Å². The number of β-lactam (4-membered cyclic amide) rings is 1. The number of thiazole rings is 1. The summed E-state index contributed by atoms with van der Waals surface area (Å²) in [5.74, 6) is -4.37. The lowest BCUT2D eigenvalue weighted by Gasteiger charge is -2.41. The molecule has 1 aliphatic heterocycles. The van der Waals surface area contributed by atoms with E-state index in [4.69, 9.17) is 21.0 Å². The molecule has 2 rings (SSSR count). The van der Waals surface area contributed by atoms with Crippen LogP contribution >= 0.6 is 22.9 Å². The summed E-state index contributed by atoms with van der Waals surface area (Å²) in [6, 6.07) is -3.50. The average molecular weight is 512 g/mol. The van der Waals surface area contributed by atoms with E-state index < -0.39 is 57.9 Å². The van der Waals surface area contributed by atoms with Gasteiger partial charge in [0.15, 0.2) is 16.9 Å². The minimum absolute atomic E-state index is 0.0500. The molecule has 1 saturated heterocycles. The summed E-state index contributed by atoms with van der Waals surface area (Å²) < 4.78 is 36.2. The Morgan fingerprint density at radius 3 is 2.59 bits per heavy atom. The van der Waals surface area contributed by atoms with Crippen molar-refractivity contribution in [1.82, 2.24) is 14.6 Å². The number of nitrogens with one attached hydrogen (secondary N) is 2. The van der Waals surface area contributed by atoms with Gasteiger partial charge < -0.3 is 20.2 Å². The zero-order valence-corrected chi connectivity index (χ0v) is 19.2. The number of amides is 3. The normalized spacial score (nSPS) is 18.8. The molecule has 14 nitrogen and oxygen atoms in total. The predicted octanol–water partition coefficient (Wildman–Crippen LogP) is -0.879. The smallest absolute Gasteiger partial charge is 0.363 e. The zero-order valence-electron chi connectivity index (χ0n) is 16.8. The highest BCUT2D eigenvalue weighted by Gasteiger charge is 2.58. The lowest BCUT2D eigenvalue weighted by molar-refractivity contribution is -0.162. The number of rotatable bonds is 9. The Bertz CT molecular complexity index is 1060. The highest BCUT2D eigenvalue weighted by atomic mass is 35.5. The van der Waals surface area contributed by atoms with Gasteiger partial charge in [-0.3, -0.25) is 18.9 Å². The van der Waals surface area contributed by atoms with Crippen LogP contribution in [0.15, 0.2) is 10.5 Å². The molecule has 1 aromatic heterocycles. The van der Waals surface area contributed by atoms with Gasteiger partial charge in [0.2, 0.25) is 5.91 Å². The SMILES string of the molecule is COC(=O)[C@H]1[C@@H](NC(=O)C(=NOC(C)C)c2csc(NC(=O)CCl)n2)C(=O)N1S(=O)(=O)O. The number of aromatic nitrogens is 1. The summed E-state index contributed by atoms with van der Waals surface area (Å²) in [6.45, 7) is 3.25. The maximum absolute atomic E-state index is 12.8. The summed E-state index contributed by atoms with van der Waals surface area (Å²) in [5, 5.41) is 9.70. The van der Waals surface area contributed by atoms with E-state index >= 15 is 0 Å². The number of oxime groups is 1. The van der Waals surface area contributed by atoms with Gasteiger partial charge in [0.05, 0.1) is 7.11 Å². The molecular weight excluding hydrogens is 494 g/mol. The quantitative estimate of drug-likeness (QED) is 0.0935. The second kappa shape index (κ2) is 10.2. The molecule has 0 radical (unpaired) electrons. The van der Waals surface area contributed by atoms with Crippen LogP contribution in [0, 0.1) is 0 Å². The van der Waals surface area contributed by atoms with Crippen LogP contribution in [0.2, 0.25) is 0 Å². The second-order valence-electron chi connectivity index (χ2n) is 6.34. The summed E-state index contributed by atoms with van der Waals surface area (Å²) >= 11 is 6.36.